The summed E-state index contributed by atoms with van der Waals surface area (Å²) in [4.78, 5) is 0. The largest absolute Gasteiger partial charge is 0.308 e. The van der Waals surface area contributed by atoms with Gasteiger partial charge in [0.2, 0.25) is 0 Å². The Balaban J connectivity index is 1.44. The fourth-order valence-corrected chi connectivity index (χ4v) is 7.97. The predicted molar refractivity (Wildman–Crippen MR) is 171 cm³/mol. The second kappa shape index (κ2) is 6.44. The topological polar surface area (TPSA) is 8.82 Å². The molecule has 0 bridgehead atoms. The van der Waals surface area contributed by atoms with Crippen LogP contribution in [0.25, 0.3) is 97.7 Å². The molecule has 0 saturated heterocycles. The highest BCUT2D eigenvalue weighted by Crippen LogP contribution is 2.46. The lowest BCUT2D eigenvalue weighted by Crippen LogP contribution is -1.85. The van der Waals surface area contributed by atoms with Gasteiger partial charge in [0.15, 0.2) is 0 Å². The van der Waals surface area contributed by atoms with Crippen LogP contribution in [0.3, 0.4) is 0 Å². The molecule has 7 aromatic carbocycles. The number of benzene rings is 7. The Morgan fingerprint density at radius 1 is 0.300 bits per heavy atom. The minimum absolute atomic E-state index is 1.28. The van der Waals surface area contributed by atoms with Crippen LogP contribution in [0.15, 0.2) is 121 Å². The zero-order valence-electron chi connectivity index (χ0n) is 21.4. The molecule has 0 radical (unpaired) electrons. The molecule has 4 aromatic heterocycles. The van der Waals surface area contributed by atoms with Crippen molar-refractivity contribution in [1.82, 2.24) is 8.80 Å². The van der Waals surface area contributed by atoms with Gasteiger partial charge in [-0.3, -0.25) is 0 Å². The van der Waals surface area contributed by atoms with Gasteiger partial charge >= 0.3 is 0 Å². The van der Waals surface area contributed by atoms with Gasteiger partial charge in [-0.05, 0) is 34.4 Å². The third-order valence-electron chi connectivity index (χ3n) is 9.53. The van der Waals surface area contributed by atoms with E-state index in [-0.39, 0.29) is 0 Å². The average Bonchev–Trinajstić information content (AvgIpc) is 3.73. The van der Waals surface area contributed by atoms with Crippen LogP contribution in [0, 0.1) is 0 Å². The van der Waals surface area contributed by atoms with Crippen LogP contribution in [0.2, 0.25) is 0 Å². The normalized spacial score (nSPS) is 13.0. The van der Waals surface area contributed by atoms with Gasteiger partial charge in [0.1, 0.15) is 0 Å². The van der Waals surface area contributed by atoms with Gasteiger partial charge < -0.3 is 8.80 Å². The summed E-state index contributed by atoms with van der Waals surface area (Å²) in [5.74, 6) is 0. The SMILES string of the molecule is c1ccc2c(c1)ccc1c2c2cccc3c4cc5c6cccc7c8ccc9ccccc9c8n(c5cc4n1c32)c67. The van der Waals surface area contributed by atoms with E-state index in [4.69, 9.17) is 0 Å². The Hall–Kier alpha value is -5.34. The lowest BCUT2D eigenvalue weighted by atomic mass is 10.0. The van der Waals surface area contributed by atoms with Crippen LogP contribution >= 0.6 is 0 Å². The minimum Gasteiger partial charge on any atom is -0.308 e. The number of rotatable bonds is 0. The molecule has 40 heavy (non-hydrogen) atoms. The van der Waals surface area contributed by atoms with Crippen molar-refractivity contribution in [1.29, 1.82) is 0 Å². The highest BCUT2D eigenvalue weighted by Gasteiger charge is 2.23. The summed E-state index contributed by atoms with van der Waals surface area (Å²) in [7, 11) is 0. The maximum Gasteiger partial charge on any atom is 0.0620 e. The molecule has 0 unspecified atom stereocenters. The Labute approximate surface area is 227 Å². The molecule has 0 spiro atoms. The monoisotopic (exact) mass is 504 g/mol. The molecule has 0 atom stereocenters. The van der Waals surface area contributed by atoms with E-state index in [9.17, 15) is 0 Å². The third kappa shape index (κ3) is 2.04. The Kier molecular flexibility index (Phi) is 3.17. The maximum atomic E-state index is 2.54. The molecular formula is C38H20N2. The molecule has 11 rings (SSSR count). The summed E-state index contributed by atoms with van der Waals surface area (Å²) in [6.07, 6.45) is 0. The van der Waals surface area contributed by atoms with E-state index < -0.39 is 0 Å². The van der Waals surface area contributed by atoms with Crippen molar-refractivity contribution in [2.75, 3.05) is 0 Å². The van der Waals surface area contributed by atoms with E-state index in [1.54, 1.807) is 0 Å². The van der Waals surface area contributed by atoms with Crippen molar-refractivity contribution in [3.63, 3.8) is 0 Å². The number of nitrogens with zero attached hydrogens (tertiary/aromatic N) is 2. The lowest BCUT2D eigenvalue weighted by molar-refractivity contribution is 1.35. The highest BCUT2D eigenvalue weighted by molar-refractivity contribution is 6.32. The maximum absolute atomic E-state index is 2.54. The first-order valence-corrected chi connectivity index (χ1v) is 14.0. The summed E-state index contributed by atoms with van der Waals surface area (Å²) in [5, 5.41) is 15.8. The third-order valence-corrected chi connectivity index (χ3v) is 9.53. The van der Waals surface area contributed by atoms with E-state index >= 15 is 0 Å². The zero-order chi connectivity index (χ0) is 25.7. The molecule has 2 nitrogen and oxygen atoms in total. The molecule has 2 heteroatoms. The Morgan fingerprint density at radius 2 is 0.825 bits per heavy atom. The van der Waals surface area contributed by atoms with Crippen LogP contribution in [0.1, 0.15) is 0 Å². The molecule has 0 fully saturated rings. The summed E-state index contributed by atoms with van der Waals surface area (Å²) in [5.41, 5.74) is 7.80. The Bertz CT molecular complexity index is 2860. The van der Waals surface area contributed by atoms with Gasteiger partial charge in [-0.25, -0.2) is 0 Å². The first-order valence-electron chi connectivity index (χ1n) is 14.0. The van der Waals surface area contributed by atoms with E-state index in [1.807, 2.05) is 0 Å². The molecule has 0 saturated carbocycles. The molecule has 11 aromatic rings. The van der Waals surface area contributed by atoms with Gasteiger partial charge in [0.25, 0.3) is 0 Å². The predicted octanol–water partition coefficient (Wildman–Crippen LogP) is 10.3. The van der Waals surface area contributed by atoms with Crippen LogP contribution in [0.4, 0.5) is 0 Å². The molecular weight excluding hydrogens is 484 g/mol. The summed E-state index contributed by atoms with van der Waals surface area (Å²) >= 11 is 0. The smallest absolute Gasteiger partial charge is 0.0620 e. The molecule has 0 amide bonds. The molecule has 182 valence electrons. The average molecular weight is 505 g/mol. The standard InChI is InChI=1S/C38H20N2/c1-3-9-23-21(7-1)16-18-32-35(23)29-14-6-13-27-30-19-31-26-12-5-11-25-28-17-15-22-8-2-4-10-24(22)36(28)40(37(25)26)34(31)20-33(30)39(32)38(27)29/h1-20H. The van der Waals surface area contributed by atoms with Crippen LogP contribution in [-0.4, -0.2) is 8.80 Å². The van der Waals surface area contributed by atoms with E-state index in [2.05, 4.69) is 130 Å². The second-order valence-electron chi connectivity index (χ2n) is 11.3. The van der Waals surface area contributed by atoms with Gasteiger partial charge in [-0.1, -0.05) is 103 Å². The zero-order valence-corrected chi connectivity index (χ0v) is 21.4. The fourth-order valence-electron chi connectivity index (χ4n) is 7.97. The minimum atomic E-state index is 1.28. The molecule has 0 aliphatic heterocycles. The first-order chi connectivity index (χ1) is 19.9. The molecule has 0 N–H and O–H groups in total. The summed E-state index contributed by atoms with van der Waals surface area (Å²) in [6.45, 7) is 0. The van der Waals surface area contributed by atoms with E-state index in [0.29, 0.717) is 0 Å². The quantitative estimate of drug-likeness (QED) is 0.194. The van der Waals surface area contributed by atoms with Crippen molar-refractivity contribution in [3.8, 4) is 0 Å². The number of hydrogen-bond acceptors (Lipinski definition) is 0. The van der Waals surface area contributed by atoms with Gasteiger partial charge in [0, 0.05) is 48.5 Å². The van der Waals surface area contributed by atoms with Crippen molar-refractivity contribution in [2.45, 2.75) is 0 Å². The van der Waals surface area contributed by atoms with Crippen molar-refractivity contribution in [2.24, 2.45) is 0 Å². The molecule has 0 aliphatic rings. The number of hydrogen-bond donors (Lipinski definition) is 0. The van der Waals surface area contributed by atoms with E-state index in [1.165, 1.54) is 97.7 Å². The summed E-state index contributed by atoms with van der Waals surface area (Å²) in [6, 6.07) is 45.3. The van der Waals surface area contributed by atoms with Crippen molar-refractivity contribution < 1.29 is 0 Å². The second-order valence-corrected chi connectivity index (χ2v) is 11.3. The number of aromatic nitrogens is 2. The van der Waals surface area contributed by atoms with Crippen LogP contribution in [-0.2, 0) is 0 Å². The van der Waals surface area contributed by atoms with Gasteiger partial charge in [-0.15, -0.1) is 0 Å². The van der Waals surface area contributed by atoms with Crippen molar-refractivity contribution in [3.05, 3.63) is 121 Å². The van der Waals surface area contributed by atoms with Crippen LogP contribution in [0.5, 0.6) is 0 Å². The van der Waals surface area contributed by atoms with Gasteiger partial charge in [-0.2, -0.15) is 0 Å². The first kappa shape index (κ1) is 19.7. The highest BCUT2D eigenvalue weighted by atomic mass is 14.9. The Morgan fingerprint density at radius 3 is 1.62 bits per heavy atom. The van der Waals surface area contributed by atoms with Gasteiger partial charge in [0.05, 0.1) is 33.1 Å². The van der Waals surface area contributed by atoms with Crippen LogP contribution < -0.4 is 0 Å². The lowest BCUT2D eigenvalue weighted by Gasteiger charge is -2.05. The molecule has 4 heterocycles. The molecule has 0 aliphatic carbocycles. The fraction of sp³-hybridized carbons (Fsp3) is 0. The van der Waals surface area contributed by atoms with Crippen molar-refractivity contribution >= 4 is 97.7 Å². The number of fused-ring (bicyclic) bond motifs is 16. The number of para-hydroxylation sites is 2. The van der Waals surface area contributed by atoms with E-state index in [0.717, 1.165) is 0 Å². The summed E-state index contributed by atoms with van der Waals surface area (Å²) < 4.78 is 5.06.